The Bertz CT molecular complexity index is 719. The SMILES string of the molecule is Cc1cc(Cl)c(C(C)C)cc1Oc1ccc(C#N)cc1Br. The fraction of sp³-hybridized carbons (Fsp3) is 0.235. The van der Waals surface area contributed by atoms with Gasteiger partial charge in [0.05, 0.1) is 16.1 Å². The normalized spacial score (nSPS) is 10.5. The number of rotatable bonds is 3. The van der Waals surface area contributed by atoms with Gasteiger partial charge in [0, 0.05) is 5.02 Å². The molecule has 0 saturated heterocycles. The molecule has 0 amide bonds. The first-order valence-electron chi connectivity index (χ1n) is 6.60. The zero-order valence-corrected chi connectivity index (χ0v) is 14.4. The van der Waals surface area contributed by atoms with Gasteiger partial charge in [-0.2, -0.15) is 5.26 Å². The molecular weight excluding hydrogens is 350 g/mol. The van der Waals surface area contributed by atoms with Gasteiger partial charge in [-0.15, -0.1) is 0 Å². The molecule has 2 nitrogen and oxygen atoms in total. The van der Waals surface area contributed by atoms with Gasteiger partial charge >= 0.3 is 0 Å². The molecular formula is C17H15BrClNO. The van der Waals surface area contributed by atoms with Crippen LogP contribution in [-0.4, -0.2) is 0 Å². The monoisotopic (exact) mass is 363 g/mol. The Balaban J connectivity index is 2.40. The summed E-state index contributed by atoms with van der Waals surface area (Å²) >= 11 is 9.70. The molecule has 21 heavy (non-hydrogen) atoms. The lowest BCUT2D eigenvalue weighted by Crippen LogP contribution is -1.95. The minimum absolute atomic E-state index is 0.324. The van der Waals surface area contributed by atoms with Gasteiger partial charge in [-0.05, 0) is 70.2 Å². The minimum atomic E-state index is 0.324. The average molecular weight is 365 g/mol. The van der Waals surface area contributed by atoms with Crippen LogP contribution in [0.1, 0.15) is 36.5 Å². The standard InChI is InChI=1S/C17H15BrClNO/c1-10(2)13-8-17(11(3)6-15(13)19)21-16-5-4-12(9-20)7-14(16)18/h4-8,10H,1-3H3. The van der Waals surface area contributed by atoms with Crippen LogP contribution in [0.5, 0.6) is 11.5 Å². The van der Waals surface area contributed by atoms with Crippen molar-refractivity contribution in [2.75, 3.05) is 0 Å². The number of hydrogen-bond acceptors (Lipinski definition) is 2. The summed E-state index contributed by atoms with van der Waals surface area (Å²) in [5.74, 6) is 1.77. The van der Waals surface area contributed by atoms with Gasteiger partial charge in [0.25, 0.3) is 0 Å². The van der Waals surface area contributed by atoms with Gasteiger partial charge in [-0.1, -0.05) is 25.4 Å². The number of halogens is 2. The van der Waals surface area contributed by atoms with Crippen LogP contribution in [0.15, 0.2) is 34.8 Å². The lowest BCUT2D eigenvalue weighted by molar-refractivity contribution is 0.474. The predicted octanol–water partition coefficient (Wildman–Crippen LogP) is 6.20. The van der Waals surface area contributed by atoms with E-state index in [4.69, 9.17) is 21.6 Å². The van der Waals surface area contributed by atoms with E-state index >= 15 is 0 Å². The molecule has 0 aromatic heterocycles. The van der Waals surface area contributed by atoms with Crippen molar-refractivity contribution in [3.63, 3.8) is 0 Å². The van der Waals surface area contributed by atoms with Crippen molar-refractivity contribution in [2.45, 2.75) is 26.7 Å². The van der Waals surface area contributed by atoms with Gasteiger partial charge in [-0.3, -0.25) is 0 Å². The Hall–Kier alpha value is -1.50. The molecule has 0 bridgehead atoms. The zero-order valence-electron chi connectivity index (χ0n) is 12.1. The molecule has 0 aliphatic heterocycles. The first-order valence-corrected chi connectivity index (χ1v) is 7.77. The van der Waals surface area contributed by atoms with Crippen LogP contribution in [0.3, 0.4) is 0 Å². The van der Waals surface area contributed by atoms with Crippen molar-refractivity contribution in [1.29, 1.82) is 5.26 Å². The molecule has 0 saturated carbocycles. The zero-order chi connectivity index (χ0) is 15.6. The number of benzene rings is 2. The molecule has 2 aromatic rings. The number of ether oxygens (including phenoxy) is 1. The van der Waals surface area contributed by atoms with Gasteiger partial charge in [-0.25, -0.2) is 0 Å². The number of nitrogens with zero attached hydrogens (tertiary/aromatic N) is 1. The molecule has 0 fully saturated rings. The summed E-state index contributed by atoms with van der Waals surface area (Å²) in [5.41, 5.74) is 2.62. The Morgan fingerprint density at radius 3 is 2.48 bits per heavy atom. The molecule has 0 radical (unpaired) electrons. The van der Waals surface area contributed by atoms with E-state index in [0.29, 0.717) is 17.2 Å². The molecule has 0 aliphatic rings. The third kappa shape index (κ3) is 3.58. The van der Waals surface area contributed by atoms with Gasteiger partial charge in [0.1, 0.15) is 11.5 Å². The summed E-state index contributed by atoms with van der Waals surface area (Å²) in [4.78, 5) is 0. The van der Waals surface area contributed by atoms with Crippen LogP contribution in [0, 0.1) is 18.3 Å². The van der Waals surface area contributed by atoms with Crippen LogP contribution in [-0.2, 0) is 0 Å². The van der Waals surface area contributed by atoms with E-state index in [0.717, 1.165) is 26.4 Å². The molecule has 108 valence electrons. The first-order chi connectivity index (χ1) is 9.92. The summed E-state index contributed by atoms with van der Waals surface area (Å²) in [5, 5.41) is 9.65. The number of aryl methyl sites for hydroxylation is 1. The second-order valence-corrected chi connectivity index (χ2v) is 6.41. The lowest BCUT2D eigenvalue weighted by atomic mass is 10.0. The van der Waals surface area contributed by atoms with E-state index in [9.17, 15) is 0 Å². The number of hydrogen-bond donors (Lipinski definition) is 0. The summed E-state index contributed by atoms with van der Waals surface area (Å²) in [6.07, 6.45) is 0. The van der Waals surface area contributed by atoms with E-state index in [-0.39, 0.29) is 0 Å². The number of nitriles is 1. The summed E-state index contributed by atoms with van der Waals surface area (Å²) < 4.78 is 6.72. The van der Waals surface area contributed by atoms with Gasteiger partial charge in [0.2, 0.25) is 0 Å². The maximum absolute atomic E-state index is 8.89. The summed E-state index contributed by atoms with van der Waals surface area (Å²) in [6, 6.07) is 11.3. The second kappa shape index (κ2) is 6.51. The maximum atomic E-state index is 8.89. The minimum Gasteiger partial charge on any atom is -0.456 e. The largest absolute Gasteiger partial charge is 0.456 e. The van der Waals surface area contributed by atoms with E-state index < -0.39 is 0 Å². The fourth-order valence-electron chi connectivity index (χ4n) is 1.99. The second-order valence-electron chi connectivity index (χ2n) is 5.15. The van der Waals surface area contributed by atoms with E-state index in [2.05, 4.69) is 35.8 Å². The molecule has 2 rings (SSSR count). The average Bonchev–Trinajstić information content (AvgIpc) is 2.43. The highest BCUT2D eigenvalue weighted by molar-refractivity contribution is 9.10. The van der Waals surface area contributed by atoms with Crippen LogP contribution in [0.4, 0.5) is 0 Å². The Labute approximate surface area is 138 Å². The Morgan fingerprint density at radius 1 is 1.19 bits per heavy atom. The van der Waals surface area contributed by atoms with Crippen LogP contribution < -0.4 is 4.74 Å². The lowest BCUT2D eigenvalue weighted by Gasteiger charge is -2.15. The topological polar surface area (TPSA) is 33.0 Å². The highest BCUT2D eigenvalue weighted by atomic mass is 79.9. The third-order valence-corrected chi connectivity index (χ3v) is 4.14. The van der Waals surface area contributed by atoms with Crippen molar-refractivity contribution >= 4 is 27.5 Å². The van der Waals surface area contributed by atoms with E-state index in [1.54, 1.807) is 18.2 Å². The van der Waals surface area contributed by atoms with Crippen molar-refractivity contribution in [1.82, 2.24) is 0 Å². The van der Waals surface area contributed by atoms with Gasteiger partial charge in [0.15, 0.2) is 0 Å². The fourth-order valence-corrected chi connectivity index (χ4v) is 2.89. The van der Waals surface area contributed by atoms with Crippen molar-refractivity contribution in [3.05, 3.63) is 56.5 Å². The summed E-state index contributed by atoms with van der Waals surface area (Å²) in [6.45, 7) is 6.15. The molecule has 4 heteroatoms. The summed E-state index contributed by atoms with van der Waals surface area (Å²) in [7, 11) is 0. The van der Waals surface area contributed by atoms with Crippen molar-refractivity contribution in [3.8, 4) is 17.6 Å². The Kier molecular flexibility index (Phi) is 4.92. The molecule has 0 unspecified atom stereocenters. The maximum Gasteiger partial charge on any atom is 0.141 e. The predicted molar refractivity (Wildman–Crippen MR) is 89.2 cm³/mol. The first kappa shape index (κ1) is 15.9. The Morgan fingerprint density at radius 2 is 1.90 bits per heavy atom. The van der Waals surface area contributed by atoms with Crippen LogP contribution in [0.25, 0.3) is 0 Å². The highest BCUT2D eigenvalue weighted by Gasteiger charge is 2.12. The van der Waals surface area contributed by atoms with Crippen molar-refractivity contribution < 1.29 is 4.74 Å². The third-order valence-electron chi connectivity index (χ3n) is 3.20. The molecule has 2 aromatic carbocycles. The quantitative estimate of drug-likeness (QED) is 0.649. The molecule has 0 N–H and O–H groups in total. The highest BCUT2D eigenvalue weighted by Crippen LogP contribution is 2.36. The van der Waals surface area contributed by atoms with Crippen molar-refractivity contribution in [2.24, 2.45) is 0 Å². The van der Waals surface area contributed by atoms with Crippen LogP contribution in [0.2, 0.25) is 5.02 Å². The molecule has 0 spiro atoms. The molecule has 0 heterocycles. The molecule has 0 atom stereocenters. The van der Waals surface area contributed by atoms with E-state index in [1.807, 2.05) is 19.1 Å². The van der Waals surface area contributed by atoms with E-state index in [1.165, 1.54) is 0 Å². The van der Waals surface area contributed by atoms with Crippen LogP contribution >= 0.6 is 27.5 Å². The molecule has 0 aliphatic carbocycles. The van der Waals surface area contributed by atoms with Gasteiger partial charge < -0.3 is 4.74 Å². The smallest absolute Gasteiger partial charge is 0.141 e.